The van der Waals surface area contributed by atoms with Gasteiger partial charge in [-0.1, -0.05) is 18.2 Å². The van der Waals surface area contributed by atoms with Crippen LogP contribution in [0.3, 0.4) is 0 Å². The Morgan fingerprint density at radius 1 is 1.09 bits per heavy atom. The summed E-state index contributed by atoms with van der Waals surface area (Å²) in [4.78, 5) is 0. The molecule has 0 fully saturated rings. The van der Waals surface area contributed by atoms with Gasteiger partial charge in [-0.25, -0.2) is 17.2 Å². The number of sulfone groups is 1. The zero-order chi connectivity index (χ0) is 17.0. The van der Waals surface area contributed by atoms with Crippen LogP contribution < -0.4 is 5.32 Å². The second kappa shape index (κ2) is 7.08. The Kier molecular flexibility index (Phi) is 5.36. The molecule has 3 nitrogen and oxygen atoms in total. The summed E-state index contributed by atoms with van der Waals surface area (Å²) in [6.07, 6.45) is 1.67. The van der Waals surface area contributed by atoms with E-state index in [1.54, 1.807) is 6.92 Å². The second-order valence-corrected chi connectivity index (χ2v) is 7.87. The quantitative estimate of drug-likeness (QED) is 0.872. The summed E-state index contributed by atoms with van der Waals surface area (Å²) in [7, 11) is -2.98. The molecule has 0 aliphatic heterocycles. The molecule has 2 aromatic carbocycles. The smallest absolute Gasteiger partial charge is 0.147 e. The fourth-order valence-electron chi connectivity index (χ4n) is 2.25. The van der Waals surface area contributed by atoms with Crippen molar-refractivity contribution >= 4 is 15.5 Å². The molecule has 0 spiro atoms. The van der Waals surface area contributed by atoms with Crippen molar-refractivity contribution in [3.05, 3.63) is 65.2 Å². The maximum atomic E-state index is 13.7. The Hall–Kier alpha value is -1.95. The Morgan fingerprint density at radius 2 is 1.74 bits per heavy atom. The van der Waals surface area contributed by atoms with E-state index < -0.39 is 21.5 Å². The average molecular weight is 339 g/mol. The molecule has 2 aromatic rings. The SMILES string of the molecule is C[C@@H](Nc1ccc(CCS(C)(=O)=O)cc1)c1ccc(F)cc1F. The molecule has 1 atom stereocenters. The van der Waals surface area contributed by atoms with Crippen molar-refractivity contribution in [3.8, 4) is 0 Å². The van der Waals surface area contributed by atoms with E-state index in [4.69, 9.17) is 0 Å². The van der Waals surface area contributed by atoms with E-state index in [0.29, 0.717) is 12.0 Å². The third-order valence-corrected chi connectivity index (χ3v) is 4.47. The van der Waals surface area contributed by atoms with Crippen molar-refractivity contribution < 1.29 is 17.2 Å². The number of benzene rings is 2. The van der Waals surface area contributed by atoms with Crippen molar-refractivity contribution in [2.45, 2.75) is 19.4 Å². The fraction of sp³-hybridized carbons (Fsp3) is 0.294. The summed E-state index contributed by atoms with van der Waals surface area (Å²) in [5, 5.41) is 3.14. The summed E-state index contributed by atoms with van der Waals surface area (Å²) in [6.45, 7) is 1.79. The van der Waals surface area contributed by atoms with E-state index >= 15 is 0 Å². The van der Waals surface area contributed by atoms with Gasteiger partial charge in [-0.05, 0) is 37.1 Å². The molecule has 124 valence electrons. The monoisotopic (exact) mass is 339 g/mol. The normalized spacial score (nSPS) is 12.9. The maximum absolute atomic E-state index is 13.7. The number of anilines is 1. The molecule has 2 rings (SSSR count). The standard InChI is InChI=1S/C17H19F2NO2S/c1-12(16-8-5-14(18)11-17(16)19)20-15-6-3-13(4-7-15)9-10-23(2,21)22/h3-8,11-12,20H,9-10H2,1-2H3/t12-/m1/s1. The van der Waals surface area contributed by atoms with Gasteiger partial charge in [0.1, 0.15) is 21.5 Å². The van der Waals surface area contributed by atoms with E-state index in [1.807, 2.05) is 24.3 Å². The van der Waals surface area contributed by atoms with Crippen molar-refractivity contribution in [3.63, 3.8) is 0 Å². The number of halogens is 2. The molecule has 0 heterocycles. The van der Waals surface area contributed by atoms with Gasteiger partial charge in [0.25, 0.3) is 0 Å². The molecule has 0 radical (unpaired) electrons. The lowest BCUT2D eigenvalue weighted by molar-refractivity contribution is 0.566. The van der Waals surface area contributed by atoms with Crippen molar-refractivity contribution in [1.82, 2.24) is 0 Å². The highest BCUT2D eigenvalue weighted by Crippen LogP contribution is 2.22. The molecule has 0 bridgehead atoms. The molecule has 0 amide bonds. The van der Waals surface area contributed by atoms with Gasteiger partial charge < -0.3 is 5.32 Å². The van der Waals surface area contributed by atoms with Crippen LogP contribution in [0.25, 0.3) is 0 Å². The fourth-order valence-corrected chi connectivity index (χ4v) is 2.86. The van der Waals surface area contributed by atoms with Gasteiger partial charge in [0.2, 0.25) is 0 Å². The largest absolute Gasteiger partial charge is 0.378 e. The van der Waals surface area contributed by atoms with E-state index in [1.165, 1.54) is 18.4 Å². The summed E-state index contributed by atoms with van der Waals surface area (Å²) in [6, 6.07) is 10.5. The first-order valence-electron chi connectivity index (χ1n) is 7.23. The van der Waals surface area contributed by atoms with E-state index in [-0.39, 0.29) is 11.8 Å². The first kappa shape index (κ1) is 17.4. The molecule has 6 heteroatoms. The van der Waals surface area contributed by atoms with Gasteiger partial charge in [0.15, 0.2) is 0 Å². The van der Waals surface area contributed by atoms with Crippen LogP contribution in [0.5, 0.6) is 0 Å². The van der Waals surface area contributed by atoms with E-state index in [9.17, 15) is 17.2 Å². The third kappa shape index (κ3) is 5.32. The van der Waals surface area contributed by atoms with E-state index in [0.717, 1.165) is 17.3 Å². The van der Waals surface area contributed by atoms with Crippen LogP contribution in [-0.2, 0) is 16.3 Å². The van der Waals surface area contributed by atoms with Crippen LogP contribution in [0.4, 0.5) is 14.5 Å². The topological polar surface area (TPSA) is 46.2 Å². The van der Waals surface area contributed by atoms with Gasteiger partial charge in [0.05, 0.1) is 11.8 Å². The minimum atomic E-state index is -2.98. The van der Waals surface area contributed by atoms with Crippen LogP contribution >= 0.6 is 0 Å². The predicted octanol–water partition coefficient (Wildman–Crippen LogP) is 3.73. The van der Waals surface area contributed by atoms with Gasteiger partial charge in [-0.2, -0.15) is 0 Å². The molecular weight excluding hydrogens is 320 g/mol. The Bertz CT molecular complexity index is 774. The highest BCUT2D eigenvalue weighted by molar-refractivity contribution is 7.90. The van der Waals surface area contributed by atoms with Gasteiger partial charge in [-0.3, -0.25) is 0 Å². The Balaban J connectivity index is 2.02. The van der Waals surface area contributed by atoms with Gasteiger partial charge >= 0.3 is 0 Å². The Morgan fingerprint density at radius 3 is 2.30 bits per heavy atom. The van der Waals surface area contributed by atoms with Crippen LogP contribution in [0.1, 0.15) is 24.1 Å². The Labute approximate surface area is 135 Å². The highest BCUT2D eigenvalue weighted by Gasteiger charge is 2.11. The number of rotatable bonds is 6. The minimum Gasteiger partial charge on any atom is -0.378 e. The molecule has 0 aliphatic carbocycles. The summed E-state index contributed by atoms with van der Waals surface area (Å²) in [5.74, 6) is -1.08. The molecule has 1 N–H and O–H groups in total. The molecular formula is C17H19F2NO2S. The number of aryl methyl sites for hydroxylation is 1. The van der Waals surface area contributed by atoms with Crippen LogP contribution in [0.15, 0.2) is 42.5 Å². The molecule has 0 saturated heterocycles. The van der Waals surface area contributed by atoms with Crippen LogP contribution in [0, 0.1) is 11.6 Å². The minimum absolute atomic E-state index is 0.108. The first-order valence-corrected chi connectivity index (χ1v) is 9.29. The summed E-state index contributed by atoms with van der Waals surface area (Å²) in [5.41, 5.74) is 2.08. The summed E-state index contributed by atoms with van der Waals surface area (Å²) >= 11 is 0. The highest BCUT2D eigenvalue weighted by atomic mass is 32.2. The molecule has 0 aromatic heterocycles. The van der Waals surface area contributed by atoms with Crippen molar-refractivity contribution in [2.24, 2.45) is 0 Å². The van der Waals surface area contributed by atoms with Crippen LogP contribution in [-0.4, -0.2) is 20.4 Å². The van der Waals surface area contributed by atoms with Gasteiger partial charge in [-0.15, -0.1) is 0 Å². The predicted molar refractivity (Wildman–Crippen MR) is 88.3 cm³/mol. The lowest BCUT2D eigenvalue weighted by atomic mass is 10.1. The number of hydrogen-bond donors (Lipinski definition) is 1. The molecule has 0 saturated carbocycles. The second-order valence-electron chi connectivity index (χ2n) is 5.61. The van der Waals surface area contributed by atoms with Gasteiger partial charge in [0, 0.05) is 23.6 Å². The lowest BCUT2D eigenvalue weighted by Crippen LogP contribution is -2.09. The molecule has 0 unspecified atom stereocenters. The van der Waals surface area contributed by atoms with Crippen LogP contribution in [0.2, 0.25) is 0 Å². The average Bonchev–Trinajstić information content (AvgIpc) is 2.45. The van der Waals surface area contributed by atoms with Crippen molar-refractivity contribution in [2.75, 3.05) is 17.3 Å². The maximum Gasteiger partial charge on any atom is 0.147 e. The van der Waals surface area contributed by atoms with E-state index in [2.05, 4.69) is 5.32 Å². The molecule has 0 aliphatic rings. The first-order chi connectivity index (χ1) is 10.7. The third-order valence-electron chi connectivity index (χ3n) is 3.53. The molecule has 23 heavy (non-hydrogen) atoms. The number of hydrogen-bond acceptors (Lipinski definition) is 3. The zero-order valence-corrected chi connectivity index (χ0v) is 13.8. The van der Waals surface area contributed by atoms with Crippen molar-refractivity contribution in [1.29, 1.82) is 0 Å². The lowest BCUT2D eigenvalue weighted by Gasteiger charge is -2.16. The zero-order valence-electron chi connectivity index (χ0n) is 13.0. The number of nitrogens with one attached hydrogen (secondary N) is 1. The summed E-state index contributed by atoms with van der Waals surface area (Å²) < 4.78 is 49.0.